The average molecular weight is 206 g/mol. The van der Waals surface area contributed by atoms with Gasteiger partial charge in [-0.25, -0.2) is 0 Å². The van der Waals surface area contributed by atoms with Crippen LogP contribution < -0.4 is 11.5 Å². The highest BCUT2D eigenvalue weighted by Gasteiger charge is 2.15. The lowest BCUT2D eigenvalue weighted by Gasteiger charge is -2.21. The van der Waals surface area contributed by atoms with Crippen molar-refractivity contribution in [1.82, 2.24) is 0 Å². The molecule has 2 nitrogen and oxygen atoms in total. The zero-order chi connectivity index (χ0) is 11.3. The zero-order valence-corrected chi connectivity index (χ0v) is 9.74. The molecule has 2 atom stereocenters. The molecule has 4 N–H and O–H groups in total. The summed E-state index contributed by atoms with van der Waals surface area (Å²) >= 11 is 0. The van der Waals surface area contributed by atoms with E-state index in [1.54, 1.807) is 0 Å². The van der Waals surface area contributed by atoms with E-state index in [-0.39, 0.29) is 6.04 Å². The second kappa shape index (κ2) is 5.89. The van der Waals surface area contributed by atoms with Crippen molar-refractivity contribution in [2.24, 2.45) is 17.4 Å². The maximum Gasteiger partial charge on any atom is 0.0335 e. The molecule has 0 aliphatic rings. The van der Waals surface area contributed by atoms with E-state index in [4.69, 9.17) is 11.5 Å². The van der Waals surface area contributed by atoms with Crippen molar-refractivity contribution < 1.29 is 0 Å². The third kappa shape index (κ3) is 3.05. The fraction of sp³-hybridized carbons (Fsp3) is 0.538. The average Bonchev–Trinajstić information content (AvgIpc) is 2.30. The molecule has 15 heavy (non-hydrogen) atoms. The van der Waals surface area contributed by atoms with Gasteiger partial charge in [-0.2, -0.15) is 0 Å². The van der Waals surface area contributed by atoms with E-state index in [9.17, 15) is 0 Å². The summed E-state index contributed by atoms with van der Waals surface area (Å²) < 4.78 is 0. The van der Waals surface area contributed by atoms with Gasteiger partial charge in [0.05, 0.1) is 0 Å². The zero-order valence-electron chi connectivity index (χ0n) is 9.74. The molecule has 0 heterocycles. The SMILES string of the molecule is CCc1ccc(C(N)C(CC)CN)cc1. The van der Waals surface area contributed by atoms with Crippen molar-refractivity contribution in [2.75, 3.05) is 6.54 Å². The quantitative estimate of drug-likeness (QED) is 0.776. The monoisotopic (exact) mass is 206 g/mol. The minimum atomic E-state index is 0.0749. The molecule has 1 rings (SSSR count). The van der Waals surface area contributed by atoms with Gasteiger partial charge in [0.1, 0.15) is 0 Å². The number of benzene rings is 1. The molecule has 1 aromatic carbocycles. The summed E-state index contributed by atoms with van der Waals surface area (Å²) in [5, 5.41) is 0. The molecule has 0 aliphatic heterocycles. The normalized spacial score (nSPS) is 14.9. The highest BCUT2D eigenvalue weighted by Crippen LogP contribution is 2.21. The van der Waals surface area contributed by atoms with Gasteiger partial charge in [-0.15, -0.1) is 0 Å². The van der Waals surface area contributed by atoms with Crippen molar-refractivity contribution in [3.8, 4) is 0 Å². The van der Waals surface area contributed by atoms with E-state index in [1.807, 2.05) is 0 Å². The molecule has 0 saturated heterocycles. The Hall–Kier alpha value is -0.860. The fourth-order valence-corrected chi connectivity index (χ4v) is 1.81. The first-order valence-corrected chi connectivity index (χ1v) is 5.77. The van der Waals surface area contributed by atoms with Crippen LogP contribution in [0.1, 0.15) is 37.4 Å². The predicted octanol–water partition coefficient (Wildman–Crippen LogP) is 2.23. The Kier molecular flexibility index (Phi) is 4.79. The molecule has 1 aromatic rings. The Labute approximate surface area is 92.7 Å². The number of nitrogens with two attached hydrogens (primary N) is 2. The van der Waals surface area contributed by atoms with E-state index in [0.29, 0.717) is 12.5 Å². The molecule has 2 heteroatoms. The summed E-state index contributed by atoms with van der Waals surface area (Å²) in [5.74, 6) is 0.387. The second-order valence-electron chi connectivity index (χ2n) is 4.02. The molecule has 0 radical (unpaired) electrons. The van der Waals surface area contributed by atoms with Crippen LogP contribution in [0.3, 0.4) is 0 Å². The Morgan fingerprint density at radius 2 is 1.73 bits per heavy atom. The number of hydrogen-bond donors (Lipinski definition) is 2. The van der Waals surface area contributed by atoms with Gasteiger partial charge >= 0.3 is 0 Å². The number of hydrogen-bond acceptors (Lipinski definition) is 2. The van der Waals surface area contributed by atoms with Crippen LogP contribution in [0.25, 0.3) is 0 Å². The van der Waals surface area contributed by atoms with Gasteiger partial charge in [0.2, 0.25) is 0 Å². The Balaban J connectivity index is 2.76. The number of rotatable bonds is 5. The predicted molar refractivity (Wildman–Crippen MR) is 65.6 cm³/mol. The Morgan fingerprint density at radius 3 is 2.13 bits per heavy atom. The molecular weight excluding hydrogens is 184 g/mol. The molecule has 0 aliphatic carbocycles. The maximum absolute atomic E-state index is 6.17. The van der Waals surface area contributed by atoms with Gasteiger partial charge in [-0.1, -0.05) is 44.5 Å². The molecule has 0 fully saturated rings. The first kappa shape index (κ1) is 12.2. The van der Waals surface area contributed by atoms with Gasteiger partial charge in [0.25, 0.3) is 0 Å². The van der Waals surface area contributed by atoms with Crippen molar-refractivity contribution >= 4 is 0 Å². The Morgan fingerprint density at radius 1 is 1.13 bits per heavy atom. The van der Waals surface area contributed by atoms with E-state index >= 15 is 0 Å². The van der Waals surface area contributed by atoms with E-state index < -0.39 is 0 Å². The maximum atomic E-state index is 6.17. The van der Waals surface area contributed by atoms with Crippen molar-refractivity contribution in [3.05, 3.63) is 35.4 Å². The molecular formula is C13H22N2. The van der Waals surface area contributed by atoms with Crippen LogP contribution in [0, 0.1) is 5.92 Å². The first-order chi connectivity index (χ1) is 7.22. The van der Waals surface area contributed by atoms with E-state index in [1.165, 1.54) is 11.1 Å². The van der Waals surface area contributed by atoms with Gasteiger partial charge < -0.3 is 11.5 Å². The minimum absolute atomic E-state index is 0.0749. The summed E-state index contributed by atoms with van der Waals surface area (Å²) in [6.45, 7) is 4.95. The van der Waals surface area contributed by atoms with Crippen LogP contribution in [0.15, 0.2) is 24.3 Å². The van der Waals surface area contributed by atoms with Crippen LogP contribution in [0.2, 0.25) is 0 Å². The van der Waals surface area contributed by atoms with Crippen LogP contribution in [0.4, 0.5) is 0 Å². The van der Waals surface area contributed by atoms with Crippen LogP contribution in [0.5, 0.6) is 0 Å². The van der Waals surface area contributed by atoms with Gasteiger partial charge in [0, 0.05) is 6.04 Å². The highest BCUT2D eigenvalue weighted by molar-refractivity contribution is 5.25. The van der Waals surface area contributed by atoms with Crippen LogP contribution in [-0.2, 0) is 6.42 Å². The van der Waals surface area contributed by atoms with Crippen LogP contribution >= 0.6 is 0 Å². The second-order valence-corrected chi connectivity index (χ2v) is 4.02. The summed E-state index contributed by atoms with van der Waals surface area (Å²) in [5.41, 5.74) is 14.4. The highest BCUT2D eigenvalue weighted by atomic mass is 14.7. The topological polar surface area (TPSA) is 52.0 Å². The molecule has 0 bridgehead atoms. The lowest BCUT2D eigenvalue weighted by molar-refractivity contribution is 0.428. The number of aryl methyl sites for hydroxylation is 1. The van der Waals surface area contributed by atoms with E-state index in [0.717, 1.165) is 12.8 Å². The minimum Gasteiger partial charge on any atom is -0.330 e. The van der Waals surface area contributed by atoms with Gasteiger partial charge in [-0.3, -0.25) is 0 Å². The molecule has 2 unspecified atom stereocenters. The van der Waals surface area contributed by atoms with Gasteiger partial charge in [0.15, 0.2) is 0 Å². The third-order valence-electron chi connectivity index (χ3n) is 3.11. The van der Waals surface area contributed by atoms with E-state index in [2.05, 4.69) is 38.1 Å². The standard InChI is InChI=1S/C13H22N2/c1-3-10-5-7-12(8-6-10)13(15)11(4-2)9-14/h5-8,11,13H,3-4,9,14-15H2,1-2H3. The Bertz CT molecular complexity index is 275. The lowest BCUT2D eigenvalue weighted by Crippen LogP contribution is -2.27. The molecule has 0 aromatic heterocycles. The van der Waals surface area contributed by atoms with Crippen molar-refractivity contribution in [1.29, 1.82) is 0 Å². The third-order valence-corrected chi connectivity index (χ3v) is 3.11. The molecule has 0 spiro atoms. The van der Waals surface area contributed by atoms with Crippen molar-refractivity contribution in [2.45, 2.75) is 32.7 Å². The molecule has 0 saturated carbocycles. The molecule has 0 amide bonds. The van der Waals surface area contributed by atoms with Gasteiger partial charge in [-0.05, 0) is 30.0 Å². The first-order valence-electron chi connectivity index (χ1n) is 5.77. The summed E-state index contributed by atoms with van der Waals surface area (Å²) in [6, 6.07) is 8.63. The molecule has 84 valence electrons. The van der Waals surface area contributed by atoms with Crippen molar-refractivity contribution in [3.63, 3.8) is 0 Å². The summed E-state index contributed by atoms with van der Waals surface area (Å²) in [6.07, 6.45) is 2.11. The lowest BCUT2D eigenvalue weighted by atomic mass is 9.91. The fourth-order valence-electron chi connectivity index (χ4n) is 1.81. The smallest absolute Gasteiger partial charge is 0.0335 e. The summed E-state index contributed by atoms with van der Waals surface area (Å²) in [7, 11) is 0. The largest absolute Gasteiger partial charge is 0.330 e. The van der Waals surface area contributed by atoms with Crippen LogP contribution in [-0.4, -0.2) is 6.54 Å². The summed E-state index contributed by atoms with van der Waals surface area (Å²) in [4.78, 5) is 0.